The molecular weight excluding hydrogens is 371 g/mol. The van der Waals surface area contributed by atoms with Gasteiger partial charge in [-0.05, 0) is 48.6 Å². The Bertz CT molecular complexity index is 802. The molecule has 2 N–H and O–H groups in total. The number of hydrogen-bond donors (Lipinski definition) is 2. The zero-order chi connectivity index (χ0) is 18.6. The zero-order valence-electron chi connectivity index (χ0n) is 14.2. The van der Waals surface area contributed by atoms with Crippen LogP contribution >= 0.6 is 23.2 Å². The van der Waals surface area contributed by atoms with Gasteiger partial charge in [-0.15, -0.1) is 0 Å². The first kappa shape index (κ1) is 18.7. The number of benzene rings is 2. The fourth-order valence-corrected chi connectivity index (χ4v) is 3.14. The second-order valence-corrected chi connectivity index (χ2v) is 7.33. The Balaban J connectivity index is 1.49. The van der Waals surface area contributed by atoms with Crippen LogP contribution in [0.2, 0.25) is 10.0 Å². The number of amides is 2. The molecule has 4 nitrogen and oxygen atoms in total. The molecule has 0 atom stereocenters. The minimum atomic E-state index is -0.929. The van der Waals surface area contributed by atoms with E-state index in [0.717, 1.165) is 11.1 Å². The van der Waals surface area contributed by atoms with Gasteiger partial charge in [0.2, 0.25) is 11.8 Å². The Morgan fingerprint density at radius 3 is 2.23 bits per heavy atom. The molecule has 26 heavy (non-hydrogen) atoms. The molecule has 0 unspecified atom stereocenters. The molecule has 0 bridgehead atoms. The van der Waals surface area contributed by atoms with Gasteiger partial charge < -0.3 is 10.6 Å². The van der Waals surface area contributed by atoms with Gasteiger partial charge in [-0.1, -0.05) is 53.5 Å². The van der Waals surface area contributed by atoms with Gasteiger partial charge in [0.1, 0.15) is 5.41 Å². The predicted octanol–water partition coefficient (Wildman–Crippen LogP) is 3.75. The summed E-state index contributed by atoms with van der Waals surface area (Å²) in [6, 6.07) is 14.8. The Labute approximate surface area is 162 Å². The third-order valence-corrected chi connectivity index (χ3v) is 5.25. The Morgan fingerprint density at radius 2 is 1.58 bits per heavy atom. The van der Waals surface area contributed by atoms with Gasteiger partial charge in [0, 0.05) is 23.1 Å². The monoisotopic (exact) mass is 390 g/mol. The fraction of sp³-hybridized carbons (Fsp3) is 0.300. The third kappa shape index (κ3) is 4.37. The topological polar surface area (TPSA) is 58.2 Å². The molecule has 2 amide bonds. The van der Waals surface area contributed by atoms with Crippen molar-refractivity contribution in [2.75, 3.05) is 6.54 Å². The van der Waals surface area contributed by atoms with Crippen LogP contribution in [0.5, 0.6) is 0 Å². The Kier molecular flexibility index (Phi) is 5.84. The van der Waals surface area contributed by atoms with Crippen LogP contribution in [0.1, 0.15) is 24.0 Å². The summed E-state index contributed by atoms with van der Waals surface area (Å²) < 4.78 is 0. The summed E-state index contributed by atoms with van der Waals surface area (Å²) in [4.78, 5) is 25.0. The molecule has 0 aliphatic heterocycles. The van der Waals surface area contributed by atoms with Crippen molar-refractivity contribution in [2.45, 2.75) is 25.8 Å². The minimum Gasteiger partial charge on any atom is -0.355 e. The van der Waals surface area contributed by atoms with Crippen LogP contribution in [0.25, 0.3) is 0 Å². The highest BCUT2D eigenvalue weighted by atomic mass is 35.5. The average molecular weight is 391 g/mol. The molecule has 0 heterocycles. The first-order valence-corrected chi connectivity index (χ1v) is 9.31. The lowest BCUT2D eigenvalue weighted by Gasteiger charge is -2.16. The number of rotatable bonds is 7. The molecule has 136 valence electrons. The predicted molar refractivity (Wildman–Crippen MR) is 103 cm³/mol. The molecule has 0 spiro atoms. The summed E-state index contributed by atoms with van der Waals surface area (Å²) >= 11 is 12.0. The molecule has 1 saturated carbocycles. The van der Waals surface area contributed by atoms with E-state index in [0.29, 0.717) is 42.4 Å². The Morgan fingerprint density at radius 1 is 0.923 bits per heavy atom. The van der Waals surface area contributed by atoms with Crippen LogP contribution in [0.15, 0.2) is 48.5 Å². The summed E-state index contributed by atoms with van der Waals surface area (Å²) in [6.07, 6.45) is 1.85. The number of hydrogen-bond acceptors (Lipinski definition) is 2. The first-order chi connectivity index (χ1) is 12.5. The van der Waals surface area contributed by atoms with Gasteiger partial charge in [0.15, 0.2) is 0 Å². The summed E-state index contributed by atoms with van der Waals surface area (Å²) in [6.45, 7) is 0.804. The number of halogens is 2. The third-order valence-electron chi connectivity index (χ3n) is 4.63. The van der Waals surface area contributed by atoms with Crippen LogP contribution in [-0.2, 0) is 22.6 Å². The van der Waals surface area contributed by atoms with Crippen molar-refractivity contribution < 1.29 is 9.59 Å². The second kappa shape index (κ2) is 8.11. The van der Waals surface area contributed by atoms with Crippen molar-refractivity contribution in [3.63, 3.8) is 0 Å². The van der Waals surface area contributed by atoms with Crippen molar-refractivity contribution in [3.05, 3.63) is 69.7 Å². The summed E-state index contributed by atoms with van der Waals surface area (Å²) in [7, 11) is 0. The van der Waals surface area contributed by atoms with Crippen LogP contribution in [-0.4, -0.2) is 18.4 Å². The van der Waals surface area contributed by atoms with Crippen molar-refractivity contribution in [1.29, 1.82) is 0 Å². The minimum absolute atomic E-state index is 0.205. The number of carbonyl (C=O) groups is 2. The van der Waals surface area contributed by atoms with Crippen LogP contribution < -0.4 is 10.6 Å². The van der Waals surface area contributed by atoms with Crippen molar-refractivity contribution in [1.82, 2.24) is 10.6 Å². The fourth-order valence-electron chi connectivity index (χ4n) is 2.81. The standard InChI is InChI=1S/C20H20Cl2N2O2/c21-16-7-5-14(6-8-16)9-12-23-18(25)20(10-11-20)19(26)24-13-15-3-1-2-4-17(15)22/h1-8H,9-13H2,(H,23,25)(H,24,26). The van der Waals surface area contributed by atoms with Gasteiger partial charge in [-0.3, -0.25) is 9.59 Å². The summed E-state index contributed by atoms with van der Waals surface area (Å²) in [5.74, 6) is -0.440. The SMILES string of the molecule is O=C(NCCc1ccc(Cl)cc1)C1(C(=O)NCc2ccccc2Cl)CC1. The smallest absolute Gasteiger partial charge is 0.235 e. The van der Waals surface area contributed by atoms with E-state index in [-0.39, 0.29) is 11.8 Å². The number of nitrogens with one attached hydrogen (secondary N) is 2. The molecule has 2 aromatic carbocycles. The maximum atomic E-state index is 12.5. The van der Waals surface area contributed by atoms with Crippen molar-refractivity contribution >= 4 is 35.0 Å². The molecule has 0 saturated heterocycles. The van der Waals surface area contributed by atoms with Crippen molar-refractivity contribution in [3.8, 4) is 0 Å². The molecule has 2 aromatic rings. The van der Waals surface area contributed by atoms with E-state index in [1.807, 2.05) is 42.5 Å². The molecule has 6 heteroatoms. The number of carbonyl (C=O) groups excluding carboxylic acids is 2. The van der Waals surface area contributed by atoms with E-state index in [2.05, 4.69) is 10.6 Å². The molecule has 1 aliphatic carbocycles. The van der Waals surface area contributed by atoms with E-state index < -0.39 is 5.41 Å². The highest BCUT2D eigenvalue weighted by molar-refractivity contribution is 6.31. The van der Waals surface area contributed by atoms with E-state index in [1.54, 1.807) is 6.07 Å². The quantitative estimate of drug-likeness (QED) is 0.707. The lowest BCUT2D eigenvalue weighted by molar-refractivity contribution is -0.137. The maximum Gasteiger partial charge on any atom is 0.235 e. The molecule has 1 aliphatic rings. The van der Waals surface area contributed by atoms with Gasteiger partial charge in [0.05, 0.1) is 0 Å². The summed E-state index contributed by atoms with van der Waals surface area (Å²) in [5.41, 5.74) is 0.991. The molecule has 3 rings (SSSR count). The van der Waals surface area contributed by atoms with Gasteiger partial charge in [-0.2, -0.15) is 0 Å². The average Bonchev–Trinajstić information content (AvgIpc) is 3.44. The largest absolute Gasteiger partial charge is 0.355 e. The van der Waals surface area contributed by atoms with Gasteiger partial charge in [0.25, 0.3) is 0 Å². The molecular formula is C20H20Cl2N2O2. The molecule has 0 aromatic heterocycles. The normalized spacial score (nSPS) is 14.5. The maximum absolute atomic E-state index is 12.5. The van der Waals surface area contributed by atoms with Crippen LogP contribution in [0.3, 0.4) is 0 Å². The Hall–Kier alpha value is -2.04. The van der Waals surface area contributed by atoms with Crippen molar-refractivity contribution in [2.24, 2.45) is 5.41 Å². The zero-order valence-corrected chi connectivity index (χ0v) is 15.7. The second-order valence-electron chi connectivity index (χ2n) is 6.49. The summed E-state index contributed by atoms with van der Waals surface area (Å²) in [5, 5.41) is 7.01. The van der Waals surface area contributed by atoms with E-state index in [4.69, 9.17) is 23.2 Å². The van der Waals surface area contributed by atoms with Gasteiger partial charge >= 0.3 is 0 Å². The van der Waals surface area contributed by atoms with Gasteiger partial charge in [-0.25, -0.2) is 0 Å². The lowest BCUT2D eigenvalue weighted by Crippen LogP contribution is -2.43. The van der Waals surface area contributed by atoms with E-state index in [1.165, 1.54) is 0 Å². The van der Waals surface area contributed by atoms with E-state index in [9.17, 15) is 9.59 Å². The highest BCUT2D eigenvalue weighted by Gasteiger charge is 2.56. The van der Waals surface area contributed by atoms with Crippen LogP contribution in [0.4, 0.5) is 0 Å². The van der Waals surface area contributed by atoms with E-state index >= 15 is 0 Å². The molecule has 0 radical (unpaired) electrons. The highest BCUT2D eigenvalue weighted by Crippen LogP contribution is 2.46. The molecule has 1 fully saturated rings. The van der Waals surface area contributed by atoms with Crippen LogP contribution in [0, 0.1) is 5.41 Å². The first-order valence-electron chi connectivity index (χ1n) is 8.56. The lowest BCUT2D eigenvalue weighted by atomic mass is 10.0.